The lowest BCUT2D eigenvalue weighted by atomic mass is 9.87. The van der Waals surface area contributed by atoms with Crippen LogP contribution in [0.4, 0.5) is 0 Å². The number of benzene rings is 2. The first kappa shape index (κ1) is 23.5. The number of phenols is 1. The van der Waals surface area contributed by atoms with E-state index in [-0.39, 0.29) is 30.5 Å². The Kier molecular flexibility index (Phi) is 6.07. The second-order valence-corrected chi connectivity index (χ2v) is 8.28. The molecule has 3 aliphatic heterocycles. The number of carbonyl (C=O) groups excluding carboxylic acids is 1. The summed E-state index contributed by atoms with van der Waals surface area (Å²) in [4.78, 5) is 13.4. The molecule has 0 aromatic heterocycles. The molecule has 2 aromatic rings. The lowest BCUT2D eigenvalue weighted by molar-refractivity contribution is -0.277. The molecule has 0 spiro atoms. The molecular weight excluding hydrogens is 468 g/mol. The Morgan fingerprint density at radius 1 is 1.03 bits per heavy atom. The molecule has 188 valence electrons. The zero-order valence-electron chi connectivity index (χ0n) is 18.5. The molecule has 5 rings (SSSR count). The van der Waals surface area contributed by atoms with Crippen molar-refractivity contribution in [2.24, 2.45) is 0 Å². The number of rotatable bonds is 5. The fourth-order valence-electron chi connectivity index (χ4n) is 4.41. The molecule has 0 radical (unpaired) electrons. The maximum absolute atomic E-state index is 13.4. The molecule has 0 amide bonds. The van der Waals surface area contributed by atoms with E-state index in [4.69, 9.17) is 28.4 Å². The average molecular weight is 492 g/mol. The Hall–Kier alpha value is -3.29. The van der Waals surface area contributed by atoms with E-state index in [9.17, 15) is 30.3 Å². The fraction of sp³-hybridized carbons (Fsp3) is 0.435. The van der Waals surface area contributed by atoms with Crippen molar-refractivity contribution in [1.29, 1.82) is 0 Å². The molecule has 5 N–H and O–H groups in total. The zero-order chi connectivity index (χ0) is 24.9. The van der Waals surface area contributed by atoms with Gasteiger partial charge in [-0.25, -0.2) is 0 Å². The number of methoxy groups -OCH3 is 1. The second-order valence-electron chi connectivity index (χ2n) is 8.28. The molecule has 0 aliphatic carbocycles. The van der Waals surface area contributed by atoms with Gasteiger partial charge < -0.3 is 54.0 Å². The predicted octanol–water partition coefficient (Wildman–Crippen LogP) is -0.333. The number of phenolic OH excluding ortho intramolecular Hbond substituents is 1. The maximum Gasteiger partial charge on any atom is 0.231 e. The van der Waals surface area contributed by atoms with Crippen molar-refractivity contribution in [3.63, 3.8) is 0 Å². The minimum absolute atomic E-state index is 0.0301. The summed E-state index contributed by atoms with van der Waals surface area (Å²) in [5, 5.41) is 50.0. The first-order chi connectivity index (χ1) is 16.8. The van der Waals surface area contributed by atoms with Crippen molar-refractivity contribution in [2.75, 3.05) is 27.1 Å². The van der Waals surface area contributed by atoms with Crippen LogP contribution >= 0.6 is 0 Å². The molecule has 12 heteroatoms. The van der Waals surface area contributed by atoms with Crippen LogP contribution in [0.25, 0.3) is 0 Å². The summed E-state index contributed by atoms with van der Waals surface area (Å²) in [6.07, 6.45) is -7.45. The minimum Gasteiger partial charge on any atom is -0.507 e. The smallest absolute Gasteiger partial charge is 0.231 e. The van der Waals surface area contributed by atoms with Gasteiger partial charge in [0.2, 0.25) is 18.8 Å². The summed E-state index contributed by atoms with van der Waals surface area (Å²) < 4.78 is 32.9. The second kappa shape index (κ2) is 9.06. The lowest BCUT2D eigenvalue weighted by Crippen LogP contribution is -2.60. The van der Waals surface area contributed by atoms with Crippen molar-refractivity contribution in [3.05, 3.63) is 35.4 Å². The van der Waals surface area contributed by atoms with Crippen molar-refractivity contribution in [3.8, 4) is 34.5 Å². The van der Waals surface area contributed by atoms with E-state index in [2.05, 4.69) is 0 Å². The largest absolute Gasteiger partial charge is 0.507 e. The number of fused-ring (bicyclic) bond motifs is 2. The molecule has 1 saturated heterocycles. The van der Waals surface area contributed by atoms with E-state index in [0.717, 1.165) is 6.07 Å². The molecule has 35 heavy (non-hydrogen) atoms. The van der Waals surface area contributed by atoms with E-state index in [0.29, 0.717) is 22.8 Å². The number of hydrogen-bond acceptors (Lipinski definition) is 12. The van der Waals surface area contributed by atoms with Crippen LogP contribution in [0, 0.1) is 0 Å². The topological polar surface area (TPSA) is 174 Å². The van der Waals surface area contributed by atoms with Gasteiger partial charge in [-0.3, -0.25) is 4.79 Å². The van der Waals surface area contributed by atoms with Crippen LogP contribution < -0.4 is 23.7 Å². The first-order valence-electron chi connectivity index (χ1n) is 10.8. The predicted molar refractivity (Wildman–Crippen MR) is 114 cm³/mol. The first-order valence-corrected chi connectivity index (χ1v) is 10.8. The van der Waals surface area contributed by atoms with Gasteiger partial charge in [0.25, 0.3) is 0 Å². The van der Waals surface area contributed by atoms with Gasteiger partial charge in [-0.05, 0) is 6.07 Å². The summed E-state index contributed by atoms with van der Waals surface area (Å²) >= 11 is 0. The number of aliphatic hydroxyl groups is 4. The Morgan fingerprint density at radius 2 is 1.83 bits per heavy atom. The van der Waals surface area contributed by atoms with Gasteiger partial charge in [-0.1, -0.05) is 6.07 Å². The Morgan fingerprint density at radius 3 is 2.57 bits per heavy atom. The third kappa shape index (κ3) is 3.89. The van der Waals surface area contributed by atoms with Crippen molar-refractivity contribution >= 4 is 5.78 Å². The summed E-state index contributed by atoms with van der Waals surface area (Å²) in [7, 11) is 1.45. The number of hydrogen-bond donors (Lipinski definition) is 5. The summed E-state index contributed by atoms with van der Waals surface area (Å²) in [5.74, 6) is -0.411. The van der Waals surface area contributed by atoms with Crippen LogP contribution in [0.5, 0.6) is 34.5 Å². The van der Waals surface area contributed by atoms with Gasteiger partial charge in [-0.15, -0.1) is 0 Å². The molecular formula is C23H24O12. The summed E-state index contributed by atoms with van der Waals surface area (Å²) in [5.41, 5.74) is 0.440. The van der Waals surface area contributed by atoms with Crippen LogP contribution in [-0.4, -0.2) is 89.1 Å². The SMILES string of the molecule is COc1c([C@H]2COc3cc(O[C@@H]4O[C@H](CO)[C@@H](O)[C@H](O)[C@H]4O)cc(O)c3C2=O)ccc2c1OCO2. The number of Topliss-reactive ketones (excluding diaryl/α,β-unsaturated/α-hetero) is 1. The Labute approximate surface area is 198 Å². The van der Waals surface area contributed by atoms with E-state index in [1.165, 1.54) is 13.2 Å². The highest BCUT2D eigenvalue weighted by atomic mass is 16.7. The molecule has 0 unspecified atom stereocenters. The van der Waals surface area contributed by atoms with Crippen molar-refractivity contribution < 1.29 is 58.7 Å². The number of aromatic hydroxyl groups is 1. The standard InChI is InChI=1S/C23H24O12/c1-30-21-10(2-3-13-22(21)33-8-32-13)11-7-31-14-5-9(4-12(25)16(14)17(11)26)34-23-20(29)19(28)18(27)15(6-24)35-23/h2-5,11,15,18-20,23-25,27-29H,6-8H2,1H3/t11-,15-,18-,19+,20-,23-/m1/s1. The highest BCUT2D eigenvalue weighted by molar-refractivity contribution is 6.07. The van der Waals surface area contributed by atoms with E-state index in [1.807, 2.05) is 0 Å². The van der Waals surface area contributed by atoms with Crippen molar-refractivity contribution in [2.45, 2.75) is 36.6 Å². The minimum atomic E-state index is -1.64. The highest BCUT2D eigenvalue weighted by Crippen LogP contribution is 2.48. The lowest BCUT2D eigenvalue weighted by Gasteiger charge is -2.39. The van der Waals surface area contributed by atoms with Crippen LogP contribution in [-0.2, 0) is 4.74 Å². The van der Waals surface area contributed by atoms with Gasteiger partial charge in [0, 0.05) is 17.7 Å². The van der Waals surface area contributed by atoms with E-state index in [1.54, 1.807) is 12.1 Å². The molecule has 6 atom stereocenters. The van der Waals surface area contributed by atoms with Gasteiger partial charge in [0.15, 0.2) is 17.3 Å². The van der Waals surface area contributed by atoms with Crippen molar-refractivity contribution in [1.82, 2.24) is 0 Å². The quantitative estimate of drug-likeness (QED) is 0.368. The number of ketones is 1. The van der Waals surface area contributed by atoms with E-state index >= 15 is 0 Å². The third-order valence-corrected chi connectivity index (χ3v) is 6.23. The zero-order valence-corrected chi connectivity index (χ0v) is 18.5. The van der Waals surface area contributed by atoms with Crippen LogP contribution in [0.15, 0.2) is 24.3 Å². The average Bonchev–Trinajstić information content (AvgIpc) is 3.33. The molecule has 12 nitrogen and oxygen atoms in total. The summed E-state index contributed by atoms with van der Waals surface area (Å²) in [6, 6.07) is 5.82. The molecule has 0 saturated carbocycles. The molecule has 0 bridgehead atoms. The van der Waals surface area contributed by atoms with Gasteiger partial charge in [-0.2, -0.15) is 0 Å². The summed E-state index contributed by atoms with van der Waals surface area (Å²) in [6.45, 7) is -0.654. The fourth-order valence-corrected chi connectivity index (χ4v) is 4.41. The van der Waals surface area contributed by atoms with E-state index < -0.39 is 54.8 Å². The van der Waals surface area contributed by atoms with Gasteiger partial charge in [0.05, 0.1) is 19.6 Å². The maximum atomic E-state index is 13.4. The van der Waals surface area contributed by atoms with Crippen LogP contribution in [0.2, 0.25) is 0 Å². The molecule has 1 fully saturated rings. The molecule has 3 heterocycles. The Bertz CT molecular complexity index is 1130. The molecule has 3 aliphatic rings. The number of aliphatic hydroxyl groups excluding tert-OH is 4. The van der Waals surface area contributed by atoms with Gasteiger partial charge in [0.1, 0.15) is 53.8 Å². The number of carbonyl (C=O) groups is 1. The van der Waals surface area contributed by atoms with Crippen LogP contribution in [0.3, 0.4) is 0 Å². The van der Waals surface area contributed by atoms with Gasteiger partial charge >= 0.3 is 0 Å². The monoisotopic (exact) mass is 492 g/mol. The third-order valence-electron chi connectivity index (χ3n) is 6.23. The normalized spacial score (nSPS) is 29.3. The Balaban J connectivity index is 1.41. The van der Waals surface area contributed by atoms with Crippen LogP contribution in [0.1, 0.15) is 21.8 Å². The number of ether oxygens (including phenoxy) is 6. The molecule has 2 aromatic carbocycles. The highest BCUT2D eigenvalue weighted by Gasteiger charge is 2.45.